The summed E-state index contributed by atoms with van der Waals surface area (Å²) in [5.74, 6) is 0. The second-order valence-electron chi connectivity index (χ2n) is 2.83. The molecule has 1 rings (SSSR count). The Balaban J connectivity index is 2.78. The van der Waals surface area contributed by atoms with Gasteiger partial charge in [0.25, 0.3) is 5.56 Å². The number of pyridine rings is 1. The number of halogens is 3. The molecule has 0 aliphatic heterocycles. The van der Waals surface area contributed by atoms with Crippen LogP contribution in [0.2, 0.25) is 0 Å². The molecule has 2 N–H and O–H groups in total. The number of nitrogens with two attached hydrogens (primary N) is 1. The van der Waals surface area contributed by atoms with Gasteiger partial charge in [0.05, 0.1) is 5.69 Å². The van der Waals surface area contributed by atoms with Crippen molar-refractivity contribution in [1.29, 1.82) is 0 Å². The van der Waals surface area contributed by atoms with E-state index in [0.29, 0.717) is 0 Å². The highest BCUT2D eigenvalue weighted by Gasteiger charge is 2.24. The van der Waals surface area contributed by atoms with Gasteiger partial charge in [-0.3, -0.25) is 4.79 Å². The lowest BCUT2D eigenvalue weighted by Crippen LogP contribution is -2.24. The quantitative estimate of drug-likeness (QED) is 0.791. The third-order valence-corrected chi connectivity index (χ3v) is 1.87. The zero-order chi connectivity index (χ0) is 10.8. The minimum Gasteiger partial charge on any atom is -0.394 e. The molecule has 0 aromatic carbocycles. The normalized spacial score (nSPS) is 11.6. The van der Waals surface area contributed by atoms with Crippen molar-refractivity contribution in [2.75, 3.05) is 5.73 Å². The first-order valence-electron chi connectivity index (χ1n) is 3.92. The molecule has 6 heteroatoms. The second kappa shape index (κ2) is 3.96. The summed E-state index contributed by atoms with van der Waals surface area (Å²) in [5, 5.41) is -3.29. The fourth-order valence-electron chi connectivity index (χ4n) is 0.979. The Hall–Kier alpha value is -1.10. The molecule has 1 aromatic rings. The minimum absolute atomic E-state index is 0.0328. The summed E-state index contributed by atoms with van der Waals surface area (Å²) in [6.07, 6.45) is 0.791. The van der Waals surface area contributed by atoms with Crippen LogP contribution in [0, 0.1) is 0 Å². The van der Waals surface area contributed by atoms with Gasteiger partial charge in [-0.25, -0.2) is 0 Å². The van der Waals surface area contributed by atoms with Crippen LogP contribution >= 0.6 is 11.6 Å². The number of hydrogen-bond acceptors (Lipinski definition) is 2. The summed E-state index contributed by atoms with van der Waals surface area (Å²) in [4.78, 5) is 11.2. The van der Waals surface area contributed by atoms with Crippen LogP contribution in [0.25, 0.3) is 0 Å². The van der Waals surface area contributed by atoms with Gasteiger partial charge in [0.15, 0.2) is 0 Å². The maximum absolute atomic E-state index is 12.3. The predicted octanol–water partition coefficient (Wildman–Crippen LogP) is 1.65. The highest BCUT2D eigenvalue weighted by Crippen LogP contribution is 2.23. The molecule has 0 radical (unpaired) electrons. The van der Waals surface area contributed by atoms with Crippen molar-refractivity contribution in [3.05, 3.63) is 28.7 Å². The number of hydrogen-bond donors (Lipinski definition) is 1. The van der Waals surface area contributed by atoms with E-state index in [0.717, 1.165) is 4.57 Å². The molecule has 0 saturated carbocycles. The molecule has 78 valence electrons. The van der Waals surface area contributed by atoms with Gasteiger partial charge in [0.2, 0.25) is 0 Å². The van der Waals surface area contributed by atoms with Crippen LogP contribution < -0.4 is 11.3 Å². The molecule has 0 aliphatic carbocycles. The molecule has 14 heavy (non-hydrogen) atoms. The zero-order valence-electron chi connectivity index (χ0n) is 7.21. The maximum Gasteiger partial charge on any atom is 0.323 e. The van der Waals surface area contributed by atoms with Crippen molar-refractivity contribution in [2.24, 2.45) is 0 Å². The third-order valence-electron chi connectivity index (χ3n) is 1.69. The SMILES string of the molecule is Nc1cccn(CCC(F)(F)Cl)c1=O. The van der Waals surface area contributed by atoms with Gasteiger partial charge in [-0.2, -0.15) is 8.78 Å². The average molecular weight is 223 g/mol. The van der Waals surface area contributed by atoms with Crippen molar-refractivity contribution in [1.82, 2.24) is 4.57 Å². The molecule has 0 fully saturated rings. The first-order valence-corrected chi connectivity index (χ1v) is 4.29. The van der Waals surface area contributed by atoms with Crippen LogP contribution in [-0.2, 0) is 6.54 Å². The number of rotatable bonds is 3. The molecule has 0 atom stereocenters. The van der Waals surface area contributed by atoms with E-state index in [1.54, 1.807) is 0 Å². The lowest BCUT2D eigenvalue weighted by Gasteiger charge is -2.09. The highest BCUT2D eigenvalue weighted by atomic mass is 35.5. The fourth-order valence-corrected chi connectivity index (χ4v) is 1.06. The summed E-state index contributed by atoms with van der Waals surface area (Å²) >= 11 is 4.70. The molecular weight excluding hydrogens is 214 g/mol. The maximum atomic E-state index is 12.3. The largest absolute Gasteiger partial charge is 0.394 e. The third kappa shape index (κ3) is 2.99. The zero-order valence-corrected chi connectivity index (χ0v) is 7.97. The average Bonchev–Trinajstić information content (AvgIpc) is 2.06. The van der Waals surface area contributed by atoms with Gasteiger partial charge >= 0.3 is 5.38 Å². The summed E-state index contributed by atoms with van der Waals surface area (Å²) in [6.45, 7) is -0.152. The number of nitrogen functional groups attached to an aromatic ring is 1. The van der Waals surface area contributed by atoms with Gasteiger partial charge in [0, 0.05) is 19.2 Å². The van der Waals surface area contributed by atoms with Crippen molar-refractivity contribution in [3.63, 3.8) is 0 Å². The van der Waals surface area contributed by atoms with E-state index in [4.69, 9.17) is 17.3 Å². The Labute approximate surface area is 84.1 Å². The minimum atomic E-state index is -3.29. The predicted molar refractivity (Wildman–Crippen MR) is 50.5 cm³/mol. The van der Waals surface area contributed by atoms with E-state index in [1.165, 1.54) is 18.3 Å². The van der Waals surface area contributed by atoms with Gasteiger partial charge in [-0.1, -0.05) is 0 Å². The fraction of sp³-hybridized carbons (Fsp3) is 0.375. The Morgan fingerprint density at radius 2 is 2.21 bits per heavy atom. The van der Waals surface area contributed by atoms with Crippen LogP contribution in [-0.4, -0.2) is 9.95 Å². The van der Waals surface area contributed by atoms with E-state index >= 15 is 0 Å². The second-order valence-corrected chi connectivity index (χ2v) is 3.38. The van der Waals surface area contributed by atoms with Gasteiger partial charge < -0.3 is 10.3 Å². The van der Waals surface area contributed by atoms with Crippen LogP contribution in [0.1, 0.15) is 6.42 Å². The Morgan fingerprint density at radius 3 is 2.79 bits per heavy atom. The monoisotopic (exact) mass is 222 g/mol. The molecule has 0 bridgehead atoms. The van der Waals surface area contributed by atoms with Crippen LogP contribution in [0.4, 0.5) is 14.5 Å². The number of aromatic nitrogens is 1. The summed E-state index contributed by atoms with van der Waals surface area (Å²) in [5.41, 5.74) is 4.86. The van der Waals surface area contributed by atoms with E-state index in [1.807, 2.05) is 0 Å². The lowest BCUT2D eigenvalue weighted by molar-refractivity contribution is 0.0805. The summed E-state index contributed by atoms with van der Waals surface area (Å²) in [7, 11) is 0. The summed E-state index contributed by atoms with van der Waals surface area (Å²) in [6, 6.07) is 2.93. The molecule has 0 aliphatic rings. The number of nitrogens with zero attached hydrogens (tertiary/aromatic N) is 1. The first-order chi connectivity index (χ1) is 6.40. The molecule has 0 unspecified atom stereocenters. The Kier molecular flexibility index (Phi) is 3.10. The Morgan fingerprint density at radius 1 is 1.57 bits per heavy atom. The molecule has 1 heterocycles. The van der Waals surface area contributed by atoms with Crippen LogP contribution in [0.3, 0.4) is 0 Å². The van der Waals surface area contributed by atoms with Crippen molar-refractivity contribution in [2.45, 2.75) is 18.3 Å². The van der Waals surface area contributed by atoms with E-state index < -0.39 is 17.4 Å². The molecular formula is C8H9ClF2N2O. The number of aryl methyl sites for hydroxylation is 1. The van der Waals surface area contributed by atoms with Crippen LogP contribution in [0.15, 0.2) is 23.1 Å². The molecule has 0 saturated heterocycles. The van der Waals surface area contributed by atoms with Gasteiger partial charge in [-0.05, 0) is 23.7 Å². The molecule has 1 aromatic heterocycles. The number of alkyl halides is 3. The topological polar surface area (TPSA) is 48.0 Å². The van der Waals surface area contributed by atoms with Crippen LogP contribution in [0.5, 0.6) is 0 Å². The number of anilines is 1. The summed E-state index contributed by atoms with van der Waals surface area (Å²) < 4.78 is 25.6. The van der Waals surface area contributed by atoms with Crippen molar-refractivity contribution < 1.29 is 8.78 Å². The van der Waals surface area contributed by atoms with E-state index in [2.05, 4.69) is 0 Å². The van der Waals surface area contributed by atoms with Gasteiger partial charge in [-0.15, -0.1) is 0 Å². The molecule has 0 spiro atoms. The highest BCUT2D eigenvalue weighted by molar-refractivity contribution is 6.21. The Bertz CT molecular complexity index is 372. The van der Waals surface area contributed by atoms with Gasteiger partial charge in [0.1, 0.15) is 0 Å². The lowest BCUT2D eigenvalue weighted by atomic mass is 10.3. The standard InChI is InChI=1S/C8H9ClF2N2O/c9-8(10,11)3-5-13-4-1-2-6(12)7(13)14/h1-2,4H,3,5,12H2. The van der Waals surface area contributed by atoms with E-state index in [-0.39, 0.29) is 12.2 Å². The van der Waals surface area contributed by atoms with Crippen molar-refractivity contribution in [3.8, 4) is 0 Å². The van der Waals surface area contributed by atoms with Crippen molar-refractivity contribution >= 4 is 17.3 Å². The smallest absolute Gasteiger partial charge is 0.323 e. The first kappa shape index (κ1) is 11.0. The molecule has 3 nitrogen and oxygen atoms in total. The molecule has 0 amide bonds. The van der Waals surface area contributed by atoms with E-state index in [9.17, 15) is 13.6 Å².